The Balaban J connectivity index is 1.91. The van der Waals surface area contributed by atoms with Crippen LogP contribution < -0.4 is 11.1 Å². The summed E-state index contributed by atoms with van der Waals surface area (Å²) in [5, 5.41) is 4.14. The van der Waals surface area contributed by atoms with Gasteiger partial charge in [-0.2, -0.15) is 0 Å². The fourth-order valence-corrected chi connectivity index (χ4v) is 3.33. The second-order valence-corrected chi connectivity index (χ2v) is 6.94. The van der Waals surface area contributed by atoms with Crippen LogP contribution in [0.3, 0.4) is 0 Å². The summed E-state index contributed by atoms with van der Waals surface area (Å²) in [6.07, 6.45) is 5.44. The average Bonchev–Trinajstić information content (AvgIpc) is 2.74. The number of nitrogens with one attached hydrogen (secondary N) is 1. The quantitative estimate of drug-likeness (QED) is 0.497. The molecule has 0 aliphatic carbocycles. The number of nitrogens with two attached hydrogens (primary N) is 1. The number of amides is 1. The molecule has 0 saturated carbocycles. The van der Waals surface area contributed by atoms with Crippen LogP contribution in [0.2, 0.25) is 0 Å². The van der Waals surface area contributed by atoms with Gasteiger partial charge in [0, 0.05) is 28.2 Å². The van der Waals surface area contributed by atoms with Crippen LogP contribution in [0.15, 0.2) is 71.9 Å². The van der Waals surface area contributed by atoms with Gasteiger partial charge in [0.25, 0.3) is 5.91 Å². The maximum Gasteiger partial charge on any atom is 0.250 e. The maximum atomic E-state index is 11.8. The van der Waals surface area contributed by atoms with Crippen molar-refractivity contribution in [2.45, 2.75) is 4.90 Å². The van der Waals surface area contributed by atoms with Crippen molar-refractivity contribution in [3.63, 3.8) is 0 Å². The molecule has 0 aliphatic heterocycles. The molecule has 4 aromatic rings. The lowest BCUT2D eigenvalue weighted by Crippen LogP contribution is -2.13. The molecule has 1 amide bonds. The topological polar surface area (TPSA) is 93.8 Å². The van der Waals surface area contributed by atoms with Gasteiger partial charge in [0.2, 0.25) is 0 Å². The first-order valence-corrected chi connectivity index (χ1v) is 9.80. The third-order valence-corrected chi connectivity index (χ3v) is 4.99. The summed E-state index contributed by atoms with van der Waals surface area (Å²) in [4.78, 5) is 26.5. The number of carbonyl (C=O) groups is 1. The lowest BCUT2D eigenvalue weighted by Gasteiger charge is -2.13. The molecule has 2 aromatic carbocycles. The molecular weight excluding hydrogens is 370 g/mol. The molecule has 0 bridgehead atoms. The highest BCUT2D eigenvalue weighted by Gasteiger charge is 2.13. The molecule has 0 radical (unpaired) electrons. The van der Waals surface area contributed by atoms with Crippen LogP contribution in [0.4, 0.5) is 11.5 Å². The van der Waals surface area contributed by atoms with Gasteiger partial charge >= 0.3 is 0 Å². The van der Waals surface area contributed by atoms with E-state index in [1.54, 1.807) is 42.4 Å². The molecular formula is C21H17N5OS. The number of hydrogen-bond donors (Lipinski definition) is 2. The zero-order valence-electron chi connectivity index (χ0n) is 15.1. The Kier molecular flexibility index (Phi) is 4.90. The zero-order valence-corrected chi connectivity index (χ0v) is 15.9. The van der Waals surface area contributed by atoms with E-state index in [1.807, 2.05) is 42.7 Å². The SMILES string of the molecule is CSc1ccc2nc(-c3cccnc3)nc(Nc3ccccc3C(N)=O)c2c1. The normalized spacial score (nSPS) is 10.8. The Hall–Kier alpha value is -3.45. The third kappa shape index (κ3) is 3.52. The first-order chi connectivity index (χ1) is 13.7. The van der Waals surface area contributed by atoms with Gasteiger partial charge in [0.05, 0.1) is 16.8 Å². The highest BCUT2D eigenvalue weighted by Crippen LogP contribution is 2.31. The third-order valence-electron chi connectivity index (χ3n) is 4.27. The number of nitrogens with zero attached hydrogens (tertiary/aromatic N) is 3. The van der Waals surface area contributed by atoms with E-state index < -0.39 is 5.91 Å². The molecule has 0 unspecified atom stereocenters. The second kappa shape index (κ2) is 7.66. The van der Waals surface area contributed by atoms with E-state index in [2.05, 4.69) is 15.3 Å². The summed E-state index contributed by atoms with van der Waals surface area (Å²) in [6.45, 7) is 0. The molecule has 4 rings (SSSR count). The smallest absolute Gasteiger partial charge is 0.250 e. The Morgan fingerprint density at radius 3 is 2.68 bits per heavy atom. The van der Waals surface area contributed by atoms with Crippen LogP contribution in [-0.4, -0.2) is 27.1 Å². The van der Waals surface area contributed by atoms with Gasteiger partial charge in [-0.25, -0.2) is 9.97 Å². The minimum atomic E-state index is -0.501. The van der Waals surface area contributed by atoms with Gasteiger partial charge in [-0.1, -0.05) is 12.1 Å². The molecule has 3 N–H and O–H groups in total. The van der Waals surface area contributed by atoms with E-state index in [0.29, 0.717) is 22.9 Å². The van der Waals surface area contributed by atoms with Crippen molar-refractivity contribution in [3.8, 4) is 11.4 Å². The summed E-state index contributed by atoms with van der Waals surface area (Å²) in [7, 11) is 0. The van der Waals surface area contributed by atoms with Crippen LogP contribution in [0.1, 0.15) is 10.4 Å². The Morgan fingerprint density at radius 2 is 1.93 bits per heavy atom. The summed E-state index contributed by atoms with van der Waals surface area (Å²) < 4.78 is 0. The number of fused-ring (bicyclic) bond motifs is 1. The van der Waals surface area contributed by atoms with Gasteiger partial charge < -0.3 is 11.1 Å². The number of benzene rings is 2. The molecule has 0 saturated heterocycles. The lowest BCUT2D eigenvalue weighted by atomic mass is 10.1. The monoisotopic (exact) mass is 387 g/mol. The number of para-hydroxylation sites is 1. The average molecular weight is 387 g/mol. The summed E-state index contributed by atoms with van der Waals surface area (Å²) in [5.41, 5.74) is 8.13. The molecule has 28 heavy (non-hydrogen) atoms. The molecule has 0 fully saturated rings. The van der Waals surface area contributed by atoms with Gasteiger partial charge in [-0.3, -0.25) is 9.78 Å². The Labute approximate surface area is 166 Å². The predicted octanol–water partition coefficient (Wildman–Crippen LogP) is 4.26. The van der Waals surface area contributed by atoms with Crippen molar-refractivity contribution in [3.05, 3.63) is 72.6 Å². The first-order valence-electron chi connectivity index (χ1n) is 8.58. The number of primary amides is 1. The van der Waals surface area contributed by atoms with Gasteiger partial charge in [0.15, 0.2) is 5.82 Å². The molecule has 2 heterocycles. The lowest BCUT2D eigenvalue weighted by molar-refractivity contribution is 0.100. The fraction of sp³-hybridized carbons (Fsp3) is 0.0476. The molecule has 7 heteroatoms. The van der Waals surface area contributed by atoms with Crippen molar-refractivity contribution in [2.75, 3.05) is 11.6 Å². The second-order valence-electron chi connectivity index (χ2n) is 6.06. The number of thioether (sulfide) groups is 1. The fourth-order valence-electron chi connectivity index (χ4n) is 2.89. The number of rotatable bonds is 5. The number of hydrogen-bond acceptors (Lipinski definition) is 6. The van der Waals surface area contributed by atoms with Crippen molar-refractivity contribution >= 4 is 40.1 Å². The van der Waals surface area contributed by atoms with Gasteiger partial charge in [-0.05, 0) is 48.7 Å². The number of aromatic nitrogens is 3. The number of carbonyl (C=O) groups excluding carboxylic acids is 1. The minimum Gasteiger partial charge on any atom is -0.366 e. The Morgan fingerprint density at radius 1 is 1.07 bits per heavy atom. The van der Waals surface area contributed by atoms with E-state index in [1.165, 1.54) is 0 Å². The zero-order chi connectivity index (χ0) is 19.5. The van der Waals surface area contributed by atoms with Crippen molar-refractivity contribution in [2.24, 2.45) is 5.73 Å². The van der Waals surface area contributed by atoms with E-state index >= 15 is 0 Å². The maximum absolute atomic E-state index is 11.8. The Bertz CT molecular complexity index is 1160. The molecule has 2 aromatic heterocycles. The summed E-state index contributed by atoms with van der Waals surface area (Å²) >= 11 is 1.64. The van der Waals surface area contributed by atoms with Crippen molar-refractivity contribution in [1.82, 2.24) is 15.0 Å². The highest BCUT2D eigenvalue weighted by atomic mass is 32.2. The van der Waals surface area contributed by atoms with Crippen molar-refractivity contribution < 1.29 is 4.79 Å². The van der Waals surface area contributed by atoms with E-state index in [4.69, 9.17) is 10.7 Å². The van der Waals surface area contributed by atoms with E-state index in [-0.39, 0.29) is 0 Å². The van der Waals surface area contributed by atoms with E-state index in [0.717, 1.165) is 21.4 Å². The predicted molar refractivity (Wildman–Crippen MR) is 113 cm³/mol. The molecule has 0 atom stereocenters. The minimum absolute atomic E-state index is 0.401. The largest absolute Gasteiger partial charge is 0.366 e. The standard InChI is InChI=1S/C21H17N5OS/c1-28-14-8-9-18-16(11-14)21(25-17-7-3-2-6-15(17)19(22)27)26-20(24-18)13-5-4-10-23-12-13/h2-12H,1H3,(H2,22,27)(H,24,25,26). The molecule has 0 spiro atoms. The van der Waals surface area contributed by atoms with Crippen LogP contribution >= 0.6 is 11.8 Å². The van der Waals surface area contributed by atoms with Crippen LogP contribution in [-0.2, 0) is 0 Å². The molecule has 138 valence electrons. The molecule has 6 nitrogen and oxygen atoms in total. The molecule has 0 aliphatic rings. The van der Waals surface area contributed by atoms with E-state index in [9.17, 15) is 4.79 Å². The highest BCUT2D eigenvalue weighted by molar-refractivity contribution is 7.98. The summed E-state index contributed by atoms with van der Waals surface area (Å²) in [6, 6.07) is 16.9. The van der Waals surface area contributed by atoms with Crippen LogP contribution in [0.5, 0.6) is 0 Å². The summed E-state index contributed by atoms with van der Waals surface area (Å²) in [5.74, 6) is 0.656. The van der Waals surface area contributed by atoms with Crippen molar-refractivity contribution in [1.29, 1.82) is 0 Å². The number of pyridine rings is 1. The number of anilines is 2. The van der Waals surface area contributed by atoms with Gasteiger partial charge in [-0.15, -0.1) is 11.8 Å². The van der Waals surface area contributed by atoms with Crippen LogP contribution in [0.25, 0.3) is 22.3 Å². The van der Waals surface area contributed by atoms with Crippen LogP contribution in [0, 0.1) is 0 Å². The van der Waals surface area contributed by atoms with Gasteiger partial charge in [0.1, 0.15) is 5.82 Å². The first kappa shape index (κ1) is 17.9.